The van der Waals surface area contributed by atoms with Crippen molar-refractivity contribution in [1.82, 2.24) is 14.9 Å². The summed E-state index contributed by atoms with van der Waals surface area (Å²) < 4.78 is 8.11. The molecule has 33 heavy (non-hydrogen) atoms. The van der Waals surface area contributed by atoms with E-state index in [-0.39, 0.29) is 11.9 Å². The van der Waals surface area contributed by atoms with Gasteiger partial charge in [-0.15, -0.1) is 0 Å². The Morgan fingerprint density at radius 2 is 1.88 bits per heavy atom. The molecule has 1 N–H and O–H groups in total. The monoisotopic (exact) mass is 461 g/mol. The molecule has 0 aliphatic rings. The van der Waals surface area contributed by atoms with Crippen molar-refractivity contribution in [1.29, 1.82) is 0 Å². The molecule has 4 aromatic rings. The number of carbonyl (C=O) groups excluding carboxylic acids is 1. The lowest BCUT2D eigenvalue weighted by atomic mass is 10.1. The standard InChI is InChI=1S/C27H28ClN3O2/c1-19-7-5-8-23(17-19)33-16-6-15-31-25-10-4-3-9-24(25)30-27(31)20(2)29-26(32)18-21-11-13-22(28)14-12-21/h3-5,7-14,17,20H,6,15-16,18H2,1-2H3,(H,29,32). The van der Waals surface area contributed by atoms with Gasteiger partial charge in [0.05, 0.1) is 30.1 Å². The predicted octanol–water partition coefficient (Wildman–Crippen LogP) is 5.89. The van der Waals surface area contributed by atoms with Gasteiger partial charge in [0.25, 0.3) is 0 Å². The lowest BCUT2D eigenvalue weighted by Crippen LogP contribution is -2.30. The van der Waals surface area contributed by atoms with Gasteiger partial charge in [-0.1, -0.05) is 48.0 Å². The van der Waals surface area contributed by atoms with E-state index in [2.05, 4.69) is 28.9 Å². The lowest BCUT2D eigenvalue weighted by Gasteiger charge is -2.17. The molecule has 0 fully saturated rings. The number of nitrogens with one attached hydrogen (secondary N) is 1. The minimum atomic E-state index is -0.227. The van der Waals surface area contributed by atoms with E-state index >= 15 is 0 Å². The second kappa shape index (κ2) is 10.5. The topological polar surface area (TPSA) is 56.1 Å². The second-order valence-electron chi connectivity index (χ2n) is 8.22. The Morgan fingerprint density at radius 1 is 1.09 bits per heavy atom. The maximum absolute atomic E-state index is 12.7. The highest BCUT2D eigenvalue weighted by Crippen LogP contribution is 2.22. The number of hydrogen-bond donors (Lipinski definition) is 1. The number of amides is 1. The number of fused-ring (bicyclic) bond motifs is 1. The van der Waals surface area contributed by atoms with Gasteiger partial charge in [0.2, 0.25) is 5.91 Å². The first-order chi connectivity index (χ1) is 16.0. The highest BCUT2D eigenvalue weighted by Gasteiger charge is 2.18. The van der Waals surface area contributed by atoms with Crippen molar-refractivity contribution in [3.63, 3.8) is 0 Å². The van der Waals surface area contributed by atoms with Gasteiger partial charge in [-0.3, -0.25) is 4.79 Å². The Balaban J connectivity index is 1.43. The van der Waals surface area contributed by atoms with Gasteiger partial charge in [0, 0.05) is 11.6 Å². The van der Waals surface area contributed by atoms with E-state index in [4.69, 9.17) is 21.3 Å². The SMILES string of the molecule is Cc1cccc(OCCCn2c(C(C)NC(=O)Cc3ccc(Cl)cc3)nc3ccccc32)c1. The van der Waals surface area contributed by atoms with Crippen LogP contribution in [0.4, 0.5) is 0 Å². The van der Waals surface area contributed by atoms with Gasteiger partial charge in [-0.05, 0) is 67.8 Å². The van der Waals surface area contributed by atoms with Crippen molar-refractivity contribution in [3.05, 3.63) is 94.8 Å². The number of aryl methyl sites for hydroxylation is 2. The molecule has 0 saturated heterocycles. The third-order valence-corrected chi connectivity index (χ3v) is 5.76. The average Bonchev–Trinajstić information content (AvgIpc) is 3.17. The summed E-state index contributed by atoms with van der Waals surface area (Å²) in [5.74, 6) is 1.68. The van der Waals surface area contributed by atoms with Crippen LogP contribution in [0.25, 0.3) is 11.0 Å². The Kier molecular flexibility index (Phi) is 7.30. The summed E-state index contributed by atoms with van der Waals surface area (Å²) in [5.41, 5.74) is 4.08. The zero-order valence-electron chi connectivity index (χ0n) is 18.9. The number of nitrogens with zero attached hydrogens (tertiary/aromatic N) is 2. The molecule has 170 valence electrons. The highest BCUT2D eigenvalue weighted by atomic mass is 35.5. The molecule has 6 heteroatoms. The molecule has 0 saturated carbocycles. The summed E-state index contributed by atoms with van der Waals surface area (Å²) in [4.78, 5) is 17.5. The first-order valence-electron chi connectivity index (χ1n) is 11.2. The van der Waals surface area contributed by atoms with Gasteiger partial charge in [0.1, 0.15) is 11.6 Å². The molecule has 1 aromatic heterocycles. The number of para-hydroxylation sites is 2. The number of benzene rings is 3. The van der Waals surface area contributed by atoms with Crippen LogP contribution >= 0.6 is 11.6 Å². The van der Waals surface area contributed by atoms with Crippen LogP contribution < -0.4 is 10.1 Å². The molecule has 1 heterocycles. The maximum atomic E-state index is 12.7. The van der Waals surface area contributed by atoms with Crippen LogP contribution in [0.5, 0.6) is 5.75 Å². The molecule has 1 unspecified atom stereocenters. The van der Waals surface area contributed by atoms with Gasteiger partial charge < -0.3 is 14.6 Å². The lowest BCUT2D eigenvalue weighted by molar-refractivity contribution is -0.121. The molecular formula is C27H28ClN3O2. The van der Waals surface area contributed by atoms with Crippen LogP contribution in [-0.2, 0) is 17.8 Å². The highest BCUT2D eigenvalue weighted by molar-refractivity contribution is 6.30. The number of imidazole rings is 1. The molecule has 5 nitrogen and oxygen atoms in total. The number of ether oxygens (including phenoxy) is 1. The van der Waals surface area contributed by atoms with E-state index in [1.807, 2.05) is 55.5 Å². The molecule has 0 radical (unpaired) electrons. The fraction of sp³-hybridized carbons (Fsp3) is 0.259. The van der Waals surface area contributed by atoms with E-state index in [9.17, 15) is 4.79 Å². The Morgan fingerprint density at radius 3 is 2.67 bits per heavy atom. The van der Waals surface area contributed by atoms with E-state index in [0.717, 1.165) is 41.1 Å². The average molecular weight is 462 g/mol. The van der Waals surface area contributed by atoms with Crippen molar-refractivity contribution in [2.24, 2.45) is 0 Å². The fourth-order valence-corrected chi connectivity index (χ4v) is 4.05. The molecule has 0 aliphatic heterocycles. The molecule has 0 spiro atoms. The molecule has 1 amide bonds. The van der Waals surface area contributed by atoms with Crippen molar-refractivity contribution >= 4 is 28.5 Å². The van der Waals surface area contributed by atoms with Gasteiger partial charge in [-0.25, -0.2) is 4.98 Å². The predicted molar refractivity (Wildman–Crippen MR) is 133 cm³/mol. The Labute approximate surface area is 199 Å². The van der Waals surface area contributed by atoms with Gasteiger partial charge in [-0.2, -0.15) is 0 Å². The fourth-order valence-electron chi connectivity index (χ4n) is 3.92. The van der Waals surface area contributed by atoms with Crippen LogP contribution in [0.2, 0.25) is 5.02 Å². The van der Waals surface area contributed by atoms with Crippen LogP contribution in [0.15, 0.2) is 72.8 Å². The minimum Gasteiger partial charge on any atom is -0.494 e. The third kappa shape index (κ3) is 5.93. The largest absolute Gasteiger partial charge is 0.494 e. The van der Waals surface area contributed by atoms with Crippen LogP contribution in [0.3, 0.4) is 0 Å². The molecule has 0 aliphatic carbocycles. The first kappa shape index (κ1) is 22.9. The normalized spacial score (nSPS) is 12.0. The molecule has 0 bridgehead atoms. The summed E-state index contributed by atoms with van der Waals surface area (Å²) in [6.45, 7) is 5.38. The van der Waals surface area contributed by atoms with E-state index < -0.39 is 0 Å². The van der Waals surface area contributed by atoms with Crippen molar-refractivity contribution < 1.29 is 9.53 Å². The Hall–Kier alpha value is -3.31. The Bertz CT molecular complexity index is 1230. The van der Waals surface area contributed by atoms with Crippen LogP contribution in [-0.4, -0.2) is 22.1 Å². The van der Waals surface area contributed by atoms with E-state index in [0.29, 0.717) is 18.1 Å². The summed E-state index contributed by atoms with van der Waals surface area (Å²) in [7, 11) is 0. The first-order valence-corrected chi connectivity index (χ1v) is 11.6. The molecule has 3 aromatic carbocycles. The van der Waals surface area contributed by atoms with Crippen molar-refractivity contribution in [2.75, 3.05) is 6.61 Å². The van der Waals surface area contributed by atoms with E-state index in [1.165, 1.54) is 5.56 Å². The van der Waals surface area contributed by atoms with Gasteiger partial charge >= 0.3 is 0 Å². The minimum absolute atomic E-state index is 0.0498. The van der Waals surface area contributed by atoms with E-state index in [1.54, 1.807) is 12.1 Å². The summed E-state index contributed by atoms with van der Waals surface area (Å²) in [6.07, 6.45) is 1.12. The number of halogens is 1. The smallest absolute Gasteiger partial charge is 0.224 e. The number of aromatic nitrogens is 2. The van der Waals surface area contributed by atoms with Crippen molar-refractivity contribution in [2.45, 2.75) is 39.3 Å². The van der Waals surface area contributed by atoms with Gasteiger partial charge in [0.15, 0.2) is 0 Å². The number of rotatable bonds is 9. The third-order valence-electron chi connectivity index (χ3n) is 5.51. The molecule has 1 atom stereocenters. The zero-order chi connectivity index (χ0) is 23.2. The maximum Gasteiger partial charge on any atom is 0.224 e. The summed E-state index contributed by atoms with van der Waals surface area (Å²) >= 11 is 5.94. The molecule has 4 rings (SSSR count). The summed E-state index contributed by atoms with van der Waals surface area (Å²) in [5, 5.41) is 3.76. The molecular weight excluding hydrogens is 434 g/mol. The van der Waals surface area contributed by atoms with Crippen LogP contribution in [0, 0.1) is 6.92 Å². The number of hydrogen-bond acceptors (Lipinski definition) is 3. The number of carbonyl (C=O) groups is 1. The quantitative estimate of drug-likeness (QED) is 0.316. The second-order valence-corrected chi connectivity index (χ2v) is 8.66. The van der Waals surface area contributed by atoms with Crippen LogP contribution in [0.1, 0.15) is 36.3 Å². The zero-order valence-corrected chi connectivity index (χ0v) is 19.7. The van der Waals surface area contributed by atoms with Crippen molar-refractivity contribution in [3.8, 4) is 5.75 Å². The summed E-state index contributed by atoms with van der Waals surface area (Å²) in [6, 6.07) is 23.2.